The smallest absolute Gasteiger partial charge is 0.335 e. The van der Waals surface area contributed by atoms with Crippen LogP contribution in [0, 0.1) is 0 Å². The molecule has 1 amide bonds. The summed E-state index contributed by atoms with van der Waals surface area (Å²) in [6, 6.07) is 17.7. The molecule has 3 N–H and O–H groups in total. The van der Waals surface area contributed by atoms with Crippen molar-refractivity contribution in [2.45, 2.75) is 33.1 Å². The van der Waals surface area contributed by atoms with Gasteiger partial charge in [0.1, 0.15) is 0 Å². The molecule has 184 valence electrons. The average Bonchev–Trinajstić information content (AvgIpc) is 2.88. The first-order chi connectivity index (χ1) is 17.4. The van der Waals surface area contributed by atoms with Gasteiger partial charge in [-0.25, -0.2) is 9.78 Å². The monoisotopic (exact) mass is 549 g/mol. The second-order valence-electron chi connectivity index (χ2n) is 8.19. The number of aryl methyl sites for hydroxylation is 1. The number of fused-ring (bicyclic) bond motifs is 1. The number of halogens is 1. The summed E-state index contributed by atoms with van der Waals surface area (Å²) in [6.07, 6.45) is 0.903. The Kier molecular flexibility index (Phi) is 7.92. The molecule has 0 saturated heterocycles. The molecule has 0 saturated carbocycles. The third kappa shape index (κ3) is 5.87. The fraction of sp³-hybridized carbons (Fsp3) is 0.185. The number of carboxylic acid groups (broad SMARTS) is 1. The van der Waals surface area contributed by atoms with E-state index in [1.165, 1.54) is 17.7 Å². The third-order valence-electron chi connectivity index (χ3n) is 5.71. The van der Waals surface area contributed by atoms with Gasteiger partial charge in [0.05, 0.1) is 29.7 Å². The van der Waals surface area contributed by atoms with Gasteiger partial charge < -0.3 is 20.1 Å². The molecular weight excluding hydrogens is 526 g/mol. The lowest BCUT2D eigenvalue weighted by Crippen LogP contribution is -2.28. The van der Waals surface area contributed by atoms with E-state index in [4.69, 9.17) is 9.84 Å². The molecule has 0 fully saturated rings. The number of benzene rings is 3. The minimum absolute atomic E-state index is 0.0631. The Morgan fingerprint density at radius 1 is 1.03 bits per heavy atom. The van der Waals surface area contributed by atoms with E-state index >= 15 is 0 Å². The Bertz CT molecular complexity index is 1480. The highest BCUT2D eigenvalue weighted by atomic mass is 79.9. The molecule has 36 heavy (non-hydrogen) atoms. The maximum Gasteiger partial charge on any atom is 0.335 e. The van der Waals surface area contributed by atoms with E-state index in [2.05, 4.69) is 38.1 Å². The molecule has 0 unspecified atom stereocenters. The number of aromatic amines is 1. The highest BCUT2D eigenvalue weighted by molar-refractivity contribution is 9.10. The molecule has 3 aromatic carbocycles. The summed E-state index contributed by atoms with van der Waals surface area (Å²) in [4.78, 5) is 43.6. The van der Waals surface area contributed by atoms with Crippen LogP contribution in [0.4, 0.5) is 0 Å². The SMILES string of the molecule is CCc1cccc(CNC(=O)c2nc3ccc(Br)c(COCc4ccc(C(=O)O)cc4)c3c(=O)[nH]2)c1. The Morgan fingerprint density at radius 3 is 2.50 bits per heavy atom. The predicted molar refractivity (Wildman–Crippen MR) is 139 cm³/mol. The fourth-order valence-electron chi connectivity index (χ4n) is 3.76. The first kappa shape index (κ1) is 25.3. The summed E-state index contributed by atoms with van der Waals surface area (Å²) in [5, 5.41) is 12.1. The molecule has 0 atom stereocenters. The molecule has 0 aliphatic carbocycles. The summed E-state index contributed by atoms with van der Waals surface area (Å²) < 4.78 is 6.47. The number of hydrogen-bond acceptors (Lipinski definition) is 5. The zero-order valence-corrected chi connectivity index (χ0v) is 21.1. The lowest BCUT2D eigenvalue weighted by Gasteiger charge is -2.11. The number of aromatic carboxylic acids is 1. The minimum Gasteiger partial charge on any atom is -0.478 e. The normalized spacial score (nSPS) is 10.9. The number of carbonyl (C=O) groups excluding carboxylic acids is 1. The van der Waals surface area contributed by atoms with Crippen molar-refractivity contribution in [3.05, 3.63) is 109 Å². The van der Waals surface area contributed by atoms with Gasteiger partial charge in [-0.2, -0.15) is 0 Å². The highest BCUT2D eigenvalue weighted by Gasteiger charge is 2.16. The third-order valence-corrected chi connectivity index (χ3v) is 6.45. The van der Waals surface area contributed by atoms with E-state index < -0.39 is 17.4 Å². The summed E-state index contributed by atoms with van der Waals surface area (Å²) in [5.74, 6) is -1.53. The van der Waals surface area contributed by atoms with Gasteiger partial charge in [-0.15, -0.1) is 0 Å². The second kappa shape index (κ2) is 11.3. The van der Waals surface area contributed by atoms with Crippen molar-refractivity contribution in [3.63, 3.8) is 0 Å². The first-order valence-electron chi connectivity index (χ1n) is 11.3. The van der Waals surface area contributed by atoms with Crippen molar-refractivity contribution < 1.29 is 19.4 Å². The number of nitrogens with one attached hydrogen (secondary N) is 2. The van der Waals surface area contributed by atoms with Crippen LogP contribution in [0.15, 0.2) is 69.9 Å². The van der Waals surface area contributed by atoms with Crippen LogP contribution in [0.3, 0.4) is 0 Å². The minimum atomic E-state index is -0.993. The molecule has 0 aliphatic heterocycles. The molecular formula is C27H24BrN3O5. The number of H-pyrrole nitrogens is 1. The van der Waals surface area contributed by atoms with Crippen molar-refractivity contribution in [3.8, 4) is 0 Å². The fourth-order valence-corrected chi connectivity index (χ4v) is 4.21. The van der Waals surface area contributed by atoms with Crippen LogP contribution in [0.25, 0.3) is 10.9 Å². The Labute approximate surface area is 215 Å². The number of hydrogen-bond donors (Lipinski definition) is 3. The van der Waals surface area contributed by atoms with E-state index in [0.717, 1.165) is 17.5 Å². The molecule has 1 aromatic heterocycles. The number of carboxylic acids is 1. The van der Waals surface area contributed by atoms with E-state index in [-0.39, 0.29) is 24.6 Å². The molecule has 0 bridgehead atoms. The maximum absolute atomic E-state index is 13.0. The van der Waals surface area contributed by atoms with Gasteiger partial charge >= 0.3 is 5.97 Å². The number of amides is 1. The van der Waals surface area contributed by atoms with Gasteiger partial charge in [-0.3, -0.25) is 9.59 Å². The van der Waals surface area contributed by atoms with Crippen LogP contribution in [0.1, 0.15) is 50.2 Å². The Morgan fingerprint density at radius 2 is 1.78 bits per heavy atom. The van der Waals surface area contributed by atoms with Crippen LogP contribution < -0.4 is 10.9 Å². The van der Waals surface area contributed by atoms with E-state index in [1.807, 2.05) is 24.3 Å². The first-order valence-corrected chi connectivity index (χ1v) is 12.1. The van der Waals surface area contributed by atoms with Crippen LogP contribution in [-0.4, -0.2) is 27.0 Å². The molecule has 8 nitrogen and oxygen atoms in total. The van der Waals surface area contributed by atoms with Gasteiger partial charge in [-0.1, -0.05) is 59.3 Å². The Hall–Kier alpha value is -3.82. The van der Waals surface area contributed by atoms with Crippen LogP contribution >= 0.6 is 15.9 Å². The highest BCUT2D eigenvalue weighted by Crippen LogP contribution is 2.24. The largest absolute Gasteiger partial charge is 0.478 e. The number of nitrogens with zero attached hydrogens (tertiary/aromatic N) is 1. The summed E-state index contributed by atoms with van der Waals surface area (Å²) in [6.45, 7) is 2.73. The molecule has 0 aliphatic rings. The number of rotatable bonds is 9. The van der Waals surface area contributed by atoms with Gasteiger partial charge in [0.15, 0.2) is 5.82 Å². The molecule has 4 rings (SSSR count). The van der Waals surface area contributed by atoms with E-state index in [9.17, 15) is 14.4 Å². The van der Waals surface area contributed by atoms with Crippen LogP contribution in [0.2, 0.25) is 0 Å². The van der Waals surface area contributed by atoms with Crippen LogP contribution in [0.5, 0.6) is 0 Å². The summed E-state index contributed by atoms with van der Waals surface area (Å²) >= 11 is 3.47. The van der Waals surface area contributed by atoms with Crippen molar-refractivity contribution in [2.24, 2.45) is 0 Å². The van der Waals surface area contributed by atoms with Crippen molar-refractivity contribution in [1.82, 2.24) is 15.3 Å². The topological polar surface area (TPSA) is 121 Å². The standard InChI is InChI=1S/C27H24BrN3O5/c1-2-16-4-3-5-18(12-16)13-29-26(33)24-30-22-11-10-21(28)20(23(22)25(32)31-24)15-36-14-17-6-8-19(9-7-17)27(34)35/h3-12H,2,13-15H2,1H3,(H,29,33)(H,34,35)(H,30,31,32). The number of carbonyl (C=O) groups is 2. The zero-order valence-electron chi connectivity index (χ0n) is 19.5. The summed E-state index contributed by atoms with van der Waals surface area (Å²) in [7, 11) is 0. The summed E-state index contributed by atoms with van der Waals surface area (Å²) in [5.41, 5.74) is 3.68. The zero-order chi connectivity index (χ0) is 25.7. The average molecular weight is 550 g/mol. The molecule has 0 spiro atoms. The van der Waals surface area contributed by atoms with Crippen LogP contribution in [-0.2, 0) is 30.9 Å². The molecule has 9 heteroatoms. The van der Waals surface area contributed by atoms with Crippen molar-refractivity contribution in [2.75, 3.05) is 0 Å². The predicted octanol–water partition coefficient (Wildman–Crippen LogP) is 4.59. The quantitative estimate of drug-likeness (QED) is 0.280. The van der Waals surface area contributed by atoms with Gasteiger partial charge in [0.2, 0.25) is 0 Å². The molecule has 4 aromatic rings. The van der Waals surface area contributed by atoms with Crippen molar-refractivity contribution in [1.29, 1.82) is 0 Å². The molecule has 0 radical (unpaired) electrons. The number of aromatic nitrogens is 2. The molecule has 1 heterocycles. The van der Waals surface area contributed by atoms with E-state index in [0.29, 0.717) is 27.5 Å². The lowest BCUT2D eigenvalue weighted by atomic mass is 10.1. The van der Waals surface area contributed by atoms with Gasteiger partial charge in [0, 0.05) is 16.6 Å². The Balaban J connectivity index is 1.49. The van der Waals surface area contributed by atoms with E-state index in [1.54, 1.807) is 24.3 Å². The number of ether oxygens (including phenoxy) is 1. The second-order valence-corrected chi connectivity index (χ2v) is 9.04. The maximum atomic E-state index is 13.0. The lowest BCUT2D eigenvalue weighted by molar-refractivity contribution is 0.0696. The van der Waals surface area contributed by atoms with Gasteiger partial charge in [-0.05, 0) is 47.4 Å². The van der Waals surface area contributed by atoms with Crippen molar-refractivity contribution >= 4 is 38.7 Å². The van der Waals surface area contributed by atoms with Gasteiger partial charge in [0.25, 0.3) is 11.5 Å².